The lowest BCUT2D eigenvalue weighted by atomic mass is 9.71. The molecule has 4 aliphatic rings. The molecule has 1 saturated heterocycles. The molecule has 4 amide bonds. The number of amides is 4. The minimum Gasteiger partial charge on any atom is -0.493 e. The van der Waals surface area contributed by atoms with Crippen LogP contribution in [0.1, 0.15) is 17.5 Å². The van der Waals surface area contributed by atoms with Crippen molar-refractivity contribution in [2.24, 2.45) is 40.5 Å². The molecule has 6 rings (SSSR count). The van der Waals surface area contributed by atoms with Gasteiger partial charge in [-0.15, -0.1) is 0 Å². The molecular weight excluding hydrogens is 438 g/mol. The van der Waals surface area contributed by atoms with Gasteiger partial charge in [-0.3, -0.25) is 9.59 Å². The molecule has 2 aromatic carbocycles. The van der Waals surface area contributed by atoms with E-state index in [-0.39, 0.29) is 23.9 Å². The summed E-state index contributed by atoms with van der Waals surface area (Å²) < 4.78 is 11.5. The number of fused-ring (bicyclic) bond motifs is 8. The van der Waals surface area contributed by atoms with Gasteiger partial charge in [0.15, 0.2) is 11.5 Å². The number of primary amides is 1. The molecule has 2 aromatic rings. The van der Waals surface area contributed by atoms with Crippen LogP contribution in [0.4, 0.5) is 4.79 Å². The summed E-state index contributed by atoms with van der Waals surface area (Å²) in [5, 5.41) is 4.35. The summed E-state index contributed by atoms with van der Waals surface area (Å²) in [5.74, 6) is -1.41. The average Bonchev–Trinajstić information content (AvgIpc) is 3.58. The molecule has 174 valence electrons. The maximum Gasteiger partial charge on any atom is 0.328 e. The lowest BCUT2D eigenvalue weighted by molar-refractivity contribution is -0.137. The number of hydrogen-bond donors (Lipinski definition) is 1. The number of hydrogen-bond acceptors (Lipinski definition) is 7. The third kappa shape index (κ3) is 2.85. The number of urea groups is 1. The number of imide groups is 3. The number of oxime groups is 1. The molecule has 2 heterocycles. The molecule has 2 saturated carbocycles. The van der Waals surface area contributed by atoms with Crippen LogP contribution in [0.25, 0.3) is 0 Å². The Labute approximate surface area is 195 Å². The smallest absolute Gasteiger partial charge is 0.328 e. The highest BCUT2D eigenvalue weighted by Crippen LogP contribution is 2.61. The van der Waals surface area contributed by atoms with Crippen LogP contribution >= 0.6 is 0 Å². The van der Waals surface area contributed by atoms with Crippen molar-refractivity contribution in [1.29, 1.82) is 0 Å². The van der Waals surface area contributed by atoms with Crippen molar-refractivity contribution in [2.45, 2.75) is 19.1 Å². The van der Waals surface area contributed by atoms with E-state index in [0.717, 1.165) is 16.8 Å². The molecule has 34 heavy (non-hydrogen) atoms. The quantitative estimate of drug-likeness (QED) is 0.683. The maximum absolute atomic E-state index is 12.9. The summed E-state index contributed by atoms with van der Waals surface area (Å²) in [7, 11) is 1.58. The summed E-state index contributed by atoms with van der Waals surface area (Å²) in [6.45, 7) is 0.407. The van der Waals surface area contributed by atoms with Gasteiger partial charge in [0.25, 0.3) is 0 Å². The highest BCUT2D eigenvalue weighted by Gasteiger charge is 2.71. The van der Waals surface area contributed by atoms with Crippen LogP contribution in [-0.2, 0) is 21.0 Å². The number of rotatable bonds is 5. The van der Waals surface area contributed by atoms with Crippen molar-refractivity contribution in [1.82, 2.24) is 4.90 Å². The van der Waals surface area contributed by atoms with Gasteiger partial charge < -0.3 is 20.0 Å². The summed E-state index contributed by atoms with van der Waals surface area (Å²) >= 11 is 0. The number of carbonyl (C=O) groups is 3. The molecule has 6 atom stereocenters. The second-order valence-corrected chi connectivity index (χ2v) is 9.18. The first kappa shape index (κ1) is 20.7. The summed E-state index contributed by atoms with van der Waals surface area (Å²) in [4.78, 5) is 43.7. The second kappa shape index (κ2) is 7.58. The van der Waals surface area contributed by atoms with Gasteiger partial charge in [0.1, 0.15) is 12.7 Å². The van der Waals surface area contributed by atoms with Crippen LogP contribution in [0.15, 0.2) is 53.7 Å². The zero-order valence-electron chi connectivity index (χ0n) is 18.4. The Morgan fingerprint density at radius 1 is 1.06 bits per heavy atom. The number of likely N-dealkylation sites (tertiary alicyclic amines) is 1. The van der Waals surface area contributed by atoms with Crippen LogP contribution in [0.5, 0.6) is 11.5 Å². The monoisotopic (exact) mass is 461 g/mol. The van der Waals surface area contributed by atoms with Crippen molar-refractivity contribution >= 4 is 23.6 Å². The number of ether oxygens (including phenoxy) is 2. The van der Waals surface area contributed by atoms with Crippen molar-refractivity contribution in [2.75, 3.05) is 7.11 Å². The Balaban J connectivity index is 1.25. The Hall–Kier alpha value is -3.88. The molecule has 0 aromatic heterocycles. The highest BCUT2D eigenvalue weighted by molar-refractivity contribution is 6.17. The van der Waals surface area contributed by atoms with Crippen LogP contribution in [0.3, 0.4) is 0 Å². The fourth-order valence-corrected chi connectivity index (χ4v) is 6.26. The highest BCUT2D eigenvalue weighted by atomic mass is 16.6. The van der Waals surface area contributed by atoms with E-state index in [4.69, 9.17) is 20.0 Å². The predicted molar refractivity (Wildman–Crippen MR) is 119 cm³/mol. The molecular formula is C25H23N3O6. The van der Waals surface area contributed by atoms with Crippen molar-refractivity contribution < 1.29 is 28.7 Å². The number of methoxy groups -OCH3 is 1. The van der Waals surface area contributed by atoms with Gasteiger partial charge in [-0.05, 0) is 36.1 Å². The fourth-order valence-electron chi connectivity index (χ4n) is 6.26. The van der Waals surface area contributed by atoms with E-state index in [1.165, 1.54) is 0 Å². The predicted octanol–water partition coefficient (Wildman–Crippen LogP) is 2.32. The first-order chi connectivity index (χ1) is 16.5. The van der Waals surface area contributed by atoms with Crippen molar-refractivity contribution in [3.63, 3.8) is 0 Å². The van der Waals surface area contributed by atoms with Crippen molar-refractivity contribution in [3.8, 4) is 11.5 Å². The summed E-state index contributed by atoms with van der Waals surface area (Å²) in [5.41, 5.74) is 7.88. The molecule has 3 fully saturated rings. The van der Waals surface area contributed by atoms with E-state index in [1.807, 2.05) is 48.5 Å². The van der Waals surface area contributed by atoms with Gasteiger partial charge in [-0.1, -0.05) is 35.5 Å². The zero-order valence-corrected chi connectivity index (χ0v) is 18.4. The van der Waals surface area contributed by atoms with Gasteiger partial charge in [-0.2, -0.15) is 4.90 Å². The SMILES string of the molecule is COc1cc(C2=NO[C@H]3[C@H]4C[C@@H]([C@@H]23)[C@@H]2C(=O)N(C(N)=O)C(=O)[C@H]42)ccc1OCc1ccccc1. The summed E-state index contributed by atoms with van der Waals surface area (Å²) in [6.07, 6.45) is 0.384. The lowest BCUT2D eigenvalue weighted by Gasteiger charge is -2.29. The average molecular weight is 461 g/mol. The Bertz CT molecular complexity index is 1230. The van der Waals surface area contributed by atoms with Gasteiger partial charge in [0, 0.05) is 17.4 Å². The van der Waals surface area contributed by atoms with E-state index < -0.39 is 29.7 Å². The van der Waals surface area contributed by atoms with Crippen molar-refractivity contribution in [3.05, 3.63) is 59.7 Å². The summed E-state index contributed by atoms with van der Waals surface area (Å²) in [6, 6.07) is 14.4. The van der Waals surface area contributed by atoms with Gasteiger partial charge in [0.2, 0.25) is 11.8 Å². The van der Waals surface area contributed by atoms with Crippen LogP contribution in [0, 0.1) is 29.6 Å². The third-order valence-electron chi connectivity index (χ3n) is 7.61. The number of carbonyl (C=O) groups excluding carboxylic acids is 3. The Morgan fingerprint density at radius 3 is 2.50 bits per heavy atom. The first-order valence-corrected chi connectivity index (χ1v) is 11.3. The number of nitrogens with two attached hydrogens (primary N) is 1. The first-order valence-electron chi connectivity index (χ1n) is 11.3. The molecule has 2 aliphatic carbocycles. The minimum atomic E-state index is -1.01. The molecule has 0 unspecified atom stereocenters. The Kier molecular flexibility index (Phi) is 4.62. The Morgan fingerprint density at radius 2 is 1.79 bits per heavy atom. The largest absolute Gasteiger partial charge is 0.493 e. The topological polar surface area (TPSA) is 121 Å². The van der Waals surface area contributed by atoms with Gasteiger partial charge in [0.05, 0.1) is 24.7 Å². The standard InChI is InChI=1S/C25H23N3O6/c1-32-17-9-13(7-8-16(17)33-11-12-5-3-2-4-6-12)21-20-14-10-15(22(20)34-27-21)19-18(14)23(29)28(24(19)30)25(26)31/h2-9,14-15,18-20,22H,10-11H2,1H3,(H2,26,31)/t14-,15+,18+,19-,20+,22+/m1/s1. The molecule has 0 spiro atoms. The van der Waals surface area contributed by atoms with Crippen LogP contribution in [-0.4, -0.2) is 41.7 Å². The van der Waals surface area contributed by atoms with E-state index in [9.17, 15) is 14.4 Å². The molecule has 2 bridgehead atoms. The van der Waals surface area contributed by atoms with E-state index in [1.54, 1.807) is 7.11 Å². The molecule has 2 N–H and O–H groups in total. The number of nitrogens with zero attached hydrogens (tertiary/aromatic N) is 2. The second-order valence-electron chi connectivity index (χ2n) is 9.18. The normalized spacial score (nSPS) is 30.6. The molecule has 9 heteroatoms. The van der Waals surface area contributed by atoms with E-state index in [2.05, 4.69) is 5.16 Å². The molecule has 0 radical (unpaired) electrons. The fraction of sp³-hybridized carbons (Fsp3) is 0.360. The van der Waals surface area contributed by atoms with E-state index in [0.29, 0.717) is 29.4 Å². The van der Waals surface area contributed by atoms with Gasteiger partial charge >= 0.3 is 6.03 Å². The third-order valence-corrected chi connectivity index (χ3v) is 7.61. The lowest BCUT2D eigenvalue weighted by Crippen LogP contribution is -2.42. The molecule has 9 nitrogen and oxygen atoms in total. The zero-order chi connectivity index (χ0) is 23.6. The van der Waals surface area contributed by atoms with Crippen LogP contribution in [0.2, 0.25) is 0 Å². The minimum absolute atomic E-state index is 0.137. The number of benzene rings is 2. The van der Waals surface area contributed by atoms with Gasteiger partial charge in [-0.25, -0.2) is 4.79 Å². The van der Waals surface area contributed by atoms with E-state index >= 15 is 0 Å². The maximum atomic E-state index is 12.9. The van der Waals surface area contributed by atoms with Crippen LogP contribution < -0.4 is 15.2 Å². The molecule has 2 aliphatic heterocycles.